The van der Waals surface area contributed by atoms with E-state index in [4.69, 9.17) is 9.47 Å². The number of fused-ring (bicyclic) bond motifs is 1. The van der Waals surface area contributed by atoms with Crippen LogP contribution in [0.4, 0.5) is 0 Å². The summed E-state index contributed by atoms with van der Waals surface area (Å²) in [5.41, 5.74) is 2.12. The Morgan fingerprint density at radius 1 is 1.05 bits per heavy atom. The second-order valence-corrected chi connectivity index (χ2v) is 4.63. The molecule has 108 valence electrons. The SMILES string of the molecule is COCCOCCCNCc1ccc2ccccc2n1. The van der Waals surface area contributed by atoms with Crippen molar-refractivity contribution in [3.63, 3.8) is 0 Å². The van der Waals surface area contributed by atoms with E-state index in [1.807, 2.05) is 18.2 Å². The van der Waals surface area contributed by atoms with Gasteiger partial charge in [-0.25, -0.2) is 0 Å². The lowest BCUT2D eigenvalue weighted by molar-refractivity contribution is 0.0694. The van der Waals surface area contributed by atoms with Gasteiger partial charge in [-0.2, -0.15) is 0 Å². The summed E-state index contributed by atoms with van der Waals surface area (Å²) in [5.74, 6) is 0. The number of methoxy groups -OCH3 is 1. The van der Waals surface area contributed by atoms with Crippen molar-refractivity contribution in [1.29, 1.82) is 0 Å². The first-order chi connectivity index (χ1) is 9.90. The molecule has 0 amide bonds. The molecule has 2 rings (SSSR count). The molecule has 0 aliphatic rings. The number of nitrogens with one attached hydrogen (secondary N) is 1. The smallest absolute Gasteiger partial charge is 0.0705 e. The Morgan fingerprint density at radius 3 is 2.85 bits per heavy atom. The third-order valence-electron chi connectivity index (χ3n) is 3.04. The number of ether oxygens (including phenoxy) is 2. The highest BCUT2D eigenvalue weighted by molar-refractivity contribution is 5.78. The maximum Gasteiger partial charge on any atom is 0.0705 e. The third kappa shape index (κ3) is 4.89. The van der Waals surface area contributed by atoms with Gasteiger partial charge in [-0.05, 0) is 25.1 Å². The van der Waals surface area contributed by atoms with Gasteiger partial charge in [0.2, 0.25) is 0 Å². The van der Waals surface area contributed by atoms with E-state index in [2.05, 4.69) is 28.5 Å². The van der Waals surface area contributed by atoms with Crippen LogP contribution in [0.2, 0.25) is 0 Å². The lowest BCUT2D eigenvalue weighted by Gasteiger charge is -2.06. The zero-order valence-electron chi connectivity index (χ0n) is 12.0. The van der Waals surface area contributed by atoms with Gasteiger partial charge in [-0.1, -0.05) is 24.3 Å². The number of hydrogen-bond acceptors (Lipinski definition) is 4. The molecule has 1 aromatic heterocycles. The van der Waals surface area contributed by atoms with Crippen molar-refractivity contribution < 1.29 is 9.47 Å². The number of benzene rings is 1. The van der Waals surface area contributed by atoms with E-state index >= 15 is 0 Å². The second kappa shape index (κ2) is 8.64. The van der Waals surface area contributed by atoms with Crippen molar-refractivity contribution >= 4 is 10.9 Å². The molecule has 1 N–H and O–H groups in total. The van der Waals surface area contributed by atoms with Crippen LogP contribution in [0, 0.1) is 0 Å². The van der Waals surface area contributed by atoms with Crippen molar-refractivity contribution in [3.8, 4) is 0 Å². The molecule has 20 heavy (non-hydrogen) atoms. The van der Waals surface area contributed by atoms with Crippen LogP contribution in [0.3, 0.4) is 0 Å². The average Bonchev–Trinajstić information content (AvgIpc) is 2.50. The fraction of sp³-hybridized carbons (Fsp3) is 0.438. The summed E-state index contributed by atoms with van der Waals surface area (Å²) in [7, 11) is 1.68. The van der Waals surface area contributed by atoms with Crippen molar-refractivity contribution in [3.05, 3.63) is 42.1 Å². The number of nitrogens with zero attached hydrogens (tertiary/aromatic N) is 1. The van der Waals surface area contributed by atoms with Crippen LogP contribution >= 0.6 is 0 Å². The molecule has 0 radical (unpaired) electrons. The topological polar surface area (TPSA) is 43.4 Å². The summed E-state index contributed by atoms with van der Waals surface area (Å²) in [6, 6.07) is 12.4. The molecule has 2 aromatic rings. The van der Waals surface area contributed by atoms with E-state index in [1.54, 1.807) is 7.11 Å². The van der Waals surface area contributed by atoms with E-state index in [1.165, 1.54) is 5.39 Å². The summed E-state index contributed by atoms with van der Waals surface area (Å²) in [4.78, 5) is 4.62. The quantitative estimate of drug-likeness (QED) is 0.713. The summed E-state index contributed by atoms with van der Waals surface area (Å²) in [6.45, 7) is 3.82. The maximum absolute atomic E-state index is 5.40. The van der Waals surface area contributed by atoms with Gasteiger partial charge in [0.05, 0.1) is 24.4 Å². The minimum Gasteiger partial charge on any atom is -0.382 e. The zero-order chi connectivity index (χ0) is 14.0. The second-order valence-electron chi connectivity index (χ2n) is 4.63. The average molecular weight is 274 g/mol. The fourth-order valence-corrected chi connectivity index (χ4v) is 1.97. The minimum absolute atomic E-state index is 0.661. The largest absolute Gasteiger partial charge is 0.382 e. The maximum atomic E-state index is 5.40. The number of aromatic nitrogens is 1. The van der Waals surface area contributed by atoms with Gasteiger partial charge in [0.1, 0.15) is 0 Å². The summed E-state index contributed by atoms with van der Waals surface area (Å²) >= 11 is 0. The molecule has 0 bridgehead atoms. The molecule has 0 unspecified atom stereocenters. The molecule has 1 aromatic carbocycles. The Kier molecular flexibility index (Phi) is 6.44. The molecular weight excluding hydrogens is 252 g/mol. The first kappa shape index (κ1) is 14.9. The Labute approximate surface area is 120 Å². The molecule has 0 atom stereocenters. The summed E-state index contributed by atoms with van der Waals surface area (Å²) in [6.07, 6.45) is 0.997. The third-order valence-corrected chi connectivity index (χ3v) is 3.04. The van der Waals surface area contributed by atoms with E-state index < -0.39 is 0 Å². The standard InChI is InChI=1S/C16H22N2O2/c1-19-11-12-20-10-4-9-17-13-15-8-7-14-5-2-3-6-16(14)18-15/h2-3,5-8,17H,4,9-13H2,1H3. The minimum atomic E-state index is 0.661. The predicted molar refractivity (Wildman–Crippen MR) is 80.8 cm³/mol. The van der Waals surface area contributed by atoms with Crippen LogP contribution in [0.25, 0.3) is 10.9 Å². The first-order valence-corrected chi connectivity index (χ1v) is 7.02. The number of para-hydroxylation sites is 1. The van der Waals surface area contributed by atoms with Crippen molar-refractivity contribution in [2.24, 2.45) is 0 Å². The van der Waals surface area contributed by atoms with Gasteiger partial charge in [0.15, 0.2) is 0 Å². The summed E-state index contributed by atoms with van der Waals surface area (Å²) < 4.78 is 10.3. The lowest BCUT2D eigenvalue weighted by atomic mass is 10.2. The van der Waals surface area contributed by atoms with E-state index in [-0.39, 0.29) is 0 Å². The Balaban J connectivity index is 1.65. The molecule has 0 saturated heterocycles. The van der Waals surface area contributed by atoms with Gasteiger partial charge in [0.25, 0.3) is 0 Å². The number of pyridine rings is 1. The lowest BCUT2D eigenvalue weighted by Crippen LogP contribution is -2.17. The van der Waals surface area contributed by atoms with Gasteiger partial charge in [-0.3, -0.25) is 4.98 Å². The van der Waals surface area contributed by atoms with Crippen LogP contribution < -0.4 is 5.32 Å². The predicted octanol–water partition coefficient (Wildman–Crippen LogP) is 2.38. The van der Waals surface area contributed by atoms with E-state index in [0.717, 1.165) is 37.3 Å². The van der Waals surface area contributed by atoms with Gasteiger partial charge < -0.3 is 14.8 Å². The van der Waals surface area contributed by atoms with Crippen LogP contribution in [0.15, 0.2) is 36.4 Å². The van der Waals surface area contributed by atoms with Gasteiger partial charge >= 0.3 is 0 Å². The molecule has 0 spiro atoms. The number of rotatable bonds is 9. The molecule has 4 heteroatoms. The normalized spacial score (nSPS) is 11.1. The van der Waals surface area contributed by atoms with Crippen LogP contribution in [-0.2, 0) is 16.0 Å². The molecule has 0 saturated carbocycles. The zero-order valence-corrected chi connectivity index (χ0v) is 12.0. The van der Waals surface area contributed by atoms with Crippen molar-refractivity contribution in [2.75, 3.05) is 33.5 Å². The van der Waals surface area contributed by atoms with Crippen LogP contribution in [0.5, 0.6) is 0 Å². The molecule has 1 heterocycles. The summed E-state index contributed by atoms with van der Waals surface area (Å²) in [5, 5.41) is 4.57. The molecule has 4 nitrogen and oxygen atoms in total. The van der Waals surface area contributed by atoms with Gasteiger partial charge in [-0.15, -0.1) is 0 Å². The Bertz CT molecular complexity index is 517. The van der Waals surface area contributed by atoms with E-state index in [9.17, 15) is 0 Å². The Hall–Kier alpha value is -1.49. The van der Waals surface area contributed by atoms with E-state index in [0.29, 0.717) is 13.2 Å². The van der Waals surface area contributed by atoms with Crippen LogP contribution in [0.1, 0.15) is 12.1 Å². The molecular formula is C16H22N2O2. The fourth-order valence-electron chi connectivity index (χ4n) is 1.97. The van der Waals surface area contributed by atoms with Crippen molar-refractivity contribution in [2.45, 2.75) is 13.0 Å². The highest BCUT2D eigenvalue weighted by atomic mass is 16.5. The van der Waals surface area contributed by atoms with Gasteiger partial charge in [0, 0.05) is 25.6 Å². The number of hydrogen-bond donors (Lipinski definition) is 1. The van der Waals surface area contributed by atoms with Crippen LogP contribution in [-0.4, -0.2) is 38.5 Å². The first-order valence-electron chi connectivity index (χ1n) is 7.02. The highest BCUT2D eigenvalue weighted by Crippen LogP contribution is 2.11. The molecule has 0 fully saturated rings. The van der Waals surface area contributed by atoms with Crippen molar-refractivity contribution in [1.82, 2.24) is 10.3 Å². The molecule has 0 aliphatic heterocycles. The monoisotopic (exact) mass is 274 g/mol. The molecule has 0 aliphatic carbocycles. The Morgan fingerprint density at radius 2 is 1.95 bits per heavy atom. The highest BCUT2D eigenvalue weighted by Gasteiger charge is 1.97.